The molecule has 2 saturated heterocycles. The Morgan fingerprint density at radius 3 is 2.72 bits per heavy atom. The maximum absolute atomic E-state index is 12.5. The van der Waals surface area contributed by atoms with Gasteiger partial charge < -0.3 is 24.7 Å². The van der Waals surface area contributed by atoms with Crippen molar-refractivity contribution in [1.29, 1.82) is 0 Å². The van der Waals surface area contributed by atoms with E-state index in [0.717, 1.165) is 0 Å². The number of carbonyl (C=O) groups excluding carboxylic acids is 1. The molecule has 10 heteroatoms. The average Bonchev–Trinajstić information content (AvgIpc) is 3.43. The van der Waals surface area contributed by atoms with Crippen molar-refractivity contribution >= 4 is 23.0 Å². The van der Waals surface area contributed by atoms with Gasteiger partial charge in [-0.15, -0.1) is 6.42 Å². The number of anilines is 1. The predicted molar refractivity (Wildman–Crippen MR) is 112 cm³/mol. The molecule has 0 bridgehead atoms. The van der Waals surface area contributed by atoms with Gasteiger partial charge in [0.05, 0.1) is 11.9 Å². The van der Waals surface area contributed by atoms with Crippen LogP contribution in [0.15, 0.2) is 36.9 Å². The molecule has 1 aromatic carbocycles. The molecule has 0 aliphatic carbocycles. The second-order valence-electron chi connectivity index (χ2n) is 8.03. The second kappa shape index (κ2) is 7.56. The first-order valence-corrected chi connectivity index (χ1v) is 10.0. The highest BCUT2D eigenvalue weighted by Crippen LogP contribution is 2.43. The van der Waals surface area contributed by atoms with E-state index < -0.39 is 36.3 Å². The number of imidazole rings is 1. The van der Waals surface area contributed by atoms with Crippen LogP contribution in [0.4, 0.5) is 5.82 Å². The van der Waals surface area contributed by atoms with E-state index in [1.54, 1.807) is 35.2 Å². The number of hydrogen-bond acceptors (Lipinski definition) is 9. The molecule has 0 saturated carbocycles. The van der Waals surface area contributed by atoms with Gasteiger partial charge in [0.25, 0.3) is 0 Å². The highest BCUT2D eigenvalue weighted by Gasteiger charge is 2.56. The van der Waals surface area contributed by atoms with Gasteiger partial charge in [0, 0.05) is 5.56 Å². The minimum Gasteiger partial charge on any atom is -0.459 e. The van der Waals surface area contributed by atoms with Crippen LogP contribution in [0.3, 0.4) is 0 Å². The van der Waals surface area contributed by atoms with Gasteiger partial charge in [0.2, 0.25) is 0 Å². The fourth-order valence-corrected chi connectivity index (χ4v) is 4.02. The smallest absolute Gasteiger partial charge is 0.338 e. The van der Waals surface area contributed by atoms with Crippen LogP contribution in [-0.2, 0) is 18.9 Å². The summed E-state index contributed by atoms with van der Waals surface area (Å²) in [5.74, 6) is 1.48. The van der Waals surface area contributed by atoms with Crippen molar-refractivity contribution in [2.45, 2.75) is 44.2 Å². The molecule has 0 radical (unpaired) electrons. The number of benzene rings is 1. The van der Waals surface area contributed by atoms with Crippen LogP contribution in [0.1, 0.15) is 36.0 Å². The molecule has 4 heterocycles. The highest BCUT2D eigenvalue weighted by molar-refractivity contribution is 5.89. The summed E-state index contributed by atoms with van der Waals surface area (Å²) in [6, 6.07) is 6.61. The quantitative estimate of drug-likeness (QED) is 0.481. The number of terminal acetylenes is 1. The fraction of sp³-hybridized carbons (Fsp3) is 0.364. The van der Waals surface area contributed by atoms with Crippen molar-refractivity contribution in [3.05, 3.63) is 48.0 Å². The van der Waals surface area contributed by atoms with E-state index in [0.29, 0.717) is 22.3 Å². The van der Waals surface area contributed by atoms with Gasteiger partial charge in [0.15, 0.2) is 23.5 Å². The Balaban J connectivity index is 1.37. The normalized spacial score (nSPS) is 26.0. The molecule has 0 spiro atoms. The molecule has 32 heavy (non-hydrogen) atoms. The van der Waals surface area contributed by atoms with Crippen LogP contribution in [-0.4, -0.2) is 56.2 Å². The molecule has 3 aromatic rings. The number of aromatic nitrogens is 4. The Labute approximate surface area is 183 Å². The average molecular weight is 435 g/mol. The molecule has 0 amide bonds. The number of ether oxygens (including phenoxy) is 4. The van der Waals surface area contributed by atoms with Crippen molar-refractivity contribution in [1.82, 2.24) is 19.5 Å². The number of esters is 1. The summed E-state index contributed by atoms with van der Waals surface area (Å²) in [6.07, 6.45) is 6.22. The van der Waals surface area contributed by atoms with E-state index in [9.17, 15) is 4.79 Å². The van der Waals surface area contributed by atoms with Crippen LogP contribution in [0, 0.1) is 12.3 Å². The van der Waals surface area contributed by atoms with Crippen LogP contribution in [0.5, 0.6) is 0 Å². The van der Waals surface area contributed by atoms with Crippen molar-refractivity contribution < 1.29 is 23.7 Å². The molecule has 5 rings (SSSR count). The lowest BCUT2D eigenvalue weighted by Gasteiger charge is -2.24. The number of nitrogen functional groups attached to an aromatic ring is 1. The Bertz CT molecular complexity index is 1220. The zero-order chi connectivity index (χ0) is 22.5. The summed E-state index contributed by atoms with van der Waals surface area (Å²) in [7, 11) is 0. The number of rotatable bonds is 4. The monoisotopic (exact) mass is 435 g/mol. The summed E-state index contributed by atoms with van der Waals surface area (Å²) >= 11 is 0. The van der Waals surface area contributed by atoms with E-state index in [4.69, 9.17) is 31.1 Å². The fourth-order valence-electron chi connectivity index (χ4n) is 4.02. The Hall–Kier alpha value is -3.52. The molecule has 0 unspecified atom stereocenters. The first kappa shape index (κ1) is 20.4. The van der Waals surface area contributed by atoms with Crippen molar-refractivity contribution in [2.75, 3.05) is 12.3 Å². The lowest BCUT2D eigenvalue weighted by atomic mass is 10.1. The van der Waals surface area contributed by atoms with Crippen molar-refractivity contribution in [3.63, 3.8) is 0 Å². The summed E-state index contributed by atoms with van der Waals surface area (Å²) < 4.78 is 25.6. The number of carbonyl (C=O) groups is 1. The molecule has 2 fully saturated rings. The zero-order valence-corrected chi connectivity index (χ0v) is 17.5. The number of nitrogens with zero attached hydrogens (tertiary/aromatic N) is 4. The minimum absolute atomic E-state index is 0.0173. The van der Waals surface area contributed by atoms with Crippen molar-refractivity contribution in [2.24, 2.45) is 0 Å². The Kier molecular flexibility index (Phi) is 4.82. The largest absolute Gasteiger partial charge is 0.459 e. The first-order valence-electron chi connectivity index (χ1n) is 10.0. The van der Waals surface area contributed by atoms with Gasteiger partial charge >= 0.3 is 5.97 Å². The van der Waals surface area contributed by atoms with Gasteiger partial charge in [-0.3, -0.25) is 4.57 Å². The molecule has 164 valence electrons. The lowest BCUT2D eigenvalue weighted by Crippen LogP contribution is -2.33. The minimum atomic E-state index is -0.824. The molecule has 2 aliphatic heterocycles. The van der Waals surface area contributed by atoms with Crippen LogP contribution in [0.2, 0.25) is 0 Å². The van der Waals surface area contributed by atoms with Gasteiger partial charge in [-0.05, 0) is 38.1 Å². The van der Waals surface area contributed by atoms with Gasteiger partial charge in [-0.2, -0.15) is 0 Å². The number of hydrogen-bond donors (Lipinski definition) is 1. The number of nitrogens with two attached hydrogens (primary N) is 1. The SMILES string of the molecule is C#Cc1ccc(C(=O)OC[C@H]2O[C@@H](n3cnc4c(N)ncnc43)[C@@H]3OC(C)(C)O[C@@H]32)cc1. The Morgan fingerprint density at radius 2 is 1.97 bits per heavy atom. The maximum Gasteiger partial charge on any atom is 0.338 e. The van der Waals surface area contributed by atoms with Crippen molar-refractivity contribution in [3.8, 4) is 12.3 Å². The lowest BCUT2D eigenvalue weighted by molar-refractivity contribution is -0.199. The zero-order valence-electron chi connectivity index (χ0n) is 17.5. The van der Waals surface area contributed by atoms with E-state index in [1.807, 2.05) is 13.8 Å². The highest BCUT2D eigenvalue weighted by atomic mass is 16.8. The predicted octanol–water partition coefficient (Wildman–Crippen LogP) is 1.66. The summed E-state index contributed by atoms with van der Waals surface area (Å²) in [6.45, 7) is 3.63. The third-order valence-electron chi connectivity index (χ3n) is 5.45. The van der Waals surface area contributed by atoms with Crippen LogP contribution in [0.25, 0.3) is 11.2 Å². The summed E-state index contributed by atoms with van der Waals surface area (Å²) in [5, 5.41) is 0. The van der Waals surface area contributed by atoms with Gasteiger partial charge in [-0.1, -0.05) is 5.92 Å². The van der Waals surface area contributed by atoms with E-state index in [1.165, 1.54) is 6.33 Å². The molecule has 2 aliphatic rings. The van der Waals surface area contributed by atoms with E-state index in [2.05, 4.69) is 20.9 Å². The molecule has 10 nitrogen and oxygen atoms in total. The molecule has 4 atom stereocenters. The van der Waals surface area contributed by atoms with Crippen LogP contribution < -0.4 is 5.73 Å². The van der Waals surface area contributed by atoms with Gasteiger partial charge in [-0.25, -0.2) is 19.7 Å². The maximum atomic E-state index is 12.5. The third-order valence-corrected chi connectivity index (χ3v) is 5.45. The molecule has 2 N–H and O–H groups in total. The molecular weight excluding hydrogens is 414 g/mol. The summed E-state index contributed by atoms with van der Waals surface area (Å²) in [4.78, 5) is 25.0. The molecular formula is C22H21N5O5. The standard InChI is InChI=1S/C22H21N5O5/c1-4-12-5-7-13(8-6-12)21(28)29-9-14-16-17(32-22(2,3)31-16)20(30-14)27-11-26-15-18(23)24-10-25-19(15)27/h1,5-8,10-11,14,16-17,20H,9H2,2-3H3,(H2,23,24,25)/t14-,16-,17-,20-/m1/s1. The first-order chi connectivity index (χ1) is 15.4. The van der Waals surface area contributed by atoms with E-state index in [-0.39, 0.29) is 12.4 Å². The van der Waals surface area contributed by atoms with E-state index >= 15 is 0 Å². The summed E-state index contributed by atoms with van der Waals surface area (Å²) in [5.41, 5.74) is 7.97. The topological polar surface area (TPSA) is 124 Å². The third kappa shape index (κ3) is 3.46. The molecule has 2 aromatic heterocycles. The Morgan fingerprint density at radius 1 is 1.22 bits per heavy atom. The van der Waals surface area contributed by atoms with Crippen LogP contribution >= 0.6 is 0 Å². The van der Waals surface area contributed by atoms with Gasteiger partial charge in [0.1, 0.15) is 36.8 Å². The number of fused-ring (bicyclic) bond motifs is 2. The second-order valence-corrected chi connectivity index (χ2v) is 8.03.